The summed E-state index contributed by atoms with van der Waals surface area (Å²) in [7, 11) is 1.40. The van der Waals surface area contributed by atoms with E-state index in [-0.39, 0.29) is 24.8 Å². The highest BCUT2D eigenvalue weighted by molar-refractivity contribution is 6.11. The Bertz CT molecular complexity index is 1020. The summed E-state index contributed by atoms with van der Waals surface area (Å²) in [5.74, 6) is -0.265. The lowest BCUT2D eigenvalue weighted by atomic mass is 10.1. The van der Waals surface area contributed by atoms with Gasteiger partial charge in [0.2, 0.25) is 0 Å². The maximum absolute atomic E-state index is 11.7. The van der Waals surface area contributed by atoms with Gasteiger partial charge < -0.3 is 4.74 Å². The van der Waals surface area contributed by atoms with Crippen LogP contribution in [0, 0.1) is 0 Å². The molecule has 0 saturated carbocycles. The van der Waals surface area contributed by atoms with Gasteiger partial charge in [0.25, 0.3) is 0 Å². The van der Waals surface area contributed by atoms with Crippen LogP contribution in [0.5, 0.6) is 0 Å². The molecule has 0 amide bonds. The van der Waals surface area contributed by atoms with E-state index >= 15 is 0 Å². The van der Waals surface area contributed by atoms with Crippen LogP contribution in [0.25, 0.3) is 27.3 Å². The Morgan fingerprint density at radius 1 is 1.04 bits per heavy atom. The first-order chi connectivity index (χ1) is 10.8. The Morgan fingerprint density at radius 3 is 2.43 bits per heavy atom. The van der Waals surface area contributed by atoms with E-state index in [1.165, 1.54) is 12.5 Å². The van der Waals surface area contributed by atoms with Gasteiger partial charge in [0.1, 0.15) is 5.65 Å². The third-order valence-electron chi connectivity index (χ3n) is 3.99. The Morgan fingerprint density at radius 2 is 1.70 bits per heavy atom. The van der Waals surface area contributed by atoms with Crippen LogP contribution >= 0.6 is 12.4 Å². The smallest absolute Gasteiger partial charge is 0.311 e. The molecule has 5 heteroatoms. The van der Waals surface area contributed by atoms with Crippen LogP contribution in [0.3, 0.4) is 0 Å². The summed E-state index contributed by atoms with van der Waals surface area (Å²) in [6.07, 6.45) is 1.96. The lowest BCUT2D eigenvalue weighted by molar-refractivity contribution is -0.139. The van der Waals surface area contributed by atoms with Crippen LogP contribution in [-0.4, -0.2) is 22.5 Å². The molecule has 116 valence electrons. The quantitative estimate of drug-likeness (QED) is 0.416. The van der Waals surface area contributed by atoms with Crippen molar-refractivity contribution >= 4 is 45.7 Å². The molecule has 0 bridgehead atoms. The van der Waals surface area contributed by atoms with Gasteiger partial charge in [0.05, 0.1) is 24.7 Å². The number of ether oxygens (including phenoxy) is 1. The average Bonchev–Trinajstić information content (AvgIpc) is 2.99. The minimum atomic E-state index is -0.265. The number of pyridine rings is 1. The number of halogens is 1. The third kappa shape index (κ3) is 2.32. The van der Waals surface area contributed by atoms with E-state index in [1.54, 1.807) is 6.20 Å². The predicted molar refractivity (Wildman–Crippen MR) is 93.2 cm³/mol. The Labute approximate surface area is 139 Å². The monoisotopic (exact) mass is 326 g/mol. The molecular weight excluding hydrogens is 312 g/mol. The number of carbonyl (C=O) groups excluding carboxylic acids is 1. The molecule has 0 spiro atoms. The largest absolute Gasteiger partial charge is 0.469 e. The number of para-hydroxylation sites is 1. The molecule has 4 rings (SSSR count). The van der Waals surface area contributed by atoms with Crippen molar-refractivity contribution in [3.05, 3.63) is 60.4 Å². The molecule has 0 aliphatic carbocycles. The second-order valence-corrected chi connectivity index (χ2v) is 5.22. The van der Waals surface area contributed by atoms with Gasteiger partial charge in [-0.1, -0.05) is 42.5 Å². The van der Waals surface area contributed by atoms with Crippen molar-refractivity contribution in [1.29, 1.82) is 0 Å². The number of imidazole rings is 1. The molecule has 0 fully saturated rings. The average molecular weight is 327 g/mol. The van der Waals surface area contributed by atoms with E-state index in [1.807, 2.05) is 24.3 Å². The van der Waals surface area contributed by atoms with E-state index in [9.17, 15) is 4.79 Å². The summed E-state index contributed by atoms with van der Waals surface area (Å²) in [6, 6.07) is 16.4. The maximum Gasteiger partial charge on any atom is 0.311 e. The molecule has 0 aliphatic rings. The van der Waals surface area contributed by atoms with Crippen molar-refractivity contribution in [3.8, 4) is 0 Å². The number of fused-ring (bicyclic) bond motifs is 6. The zero-order valence-electron chi connectivity index (χ0n) is 12.5. The van der Waals surface area contributed by atoms with Crippen molar-refractivity contribution in [2.24, 2.45) is 0 Å². The number of carbonyl (C=O) groups is 1. The summed E-state index contributed by atoms with van der Waals surface area (Å²) in [5.41, 5.74) is 2.75. The number of benzene rings is 2. The second kappa shape index (κ2) is 5.89. The number of hydrogen-bond acceptors (Lipinski definition) is 3. The van der Waals surface area contributed by atoms with Crippen molar-refractivity contribution in [1.82, 2.24) is 9.38 Å². The number of hydrogen-bond donors (Lipinski definition) is 0. The highest BCUT2D eigenvalue weighted by Gasteiger charge is 2.14. The minimum Gasteiger partial charge on any atom is -0.469 e. The Kier molecular flexibility index (Phi) is 3.92. The van der Waals surface area contributed by atoms with Crippen molar-refractivity contribution in [2.75, 3.05) is 7.11 Å². The fraction of sp³-hybridized carbons (Fsp3) is 0.111. The first-order valence-electron chi connectivity index (χ1n) is 7.12. The van der Waals surface area contributed by atoms with Gasteiger partial charge in [-0.15, -0.1) is 12.4 Å². The number of nitrogens with zero attached hydrogens (tertiary/aromatic N) is 2. The van der Waals surface area contributed by atoms with Crippen LogP contribution in [0.1, 0.15) is 5.69 Å². The molecule has 0 N–H and O–H groups in total. The van der Waals surface area contributed by atoms with Crippen molar-refractivity contribution in [2.45, 2.75) is 6.42 Å². The molecule has 2 aromatic heterocycles. The van der Waals surface area contributed by atoms with Gasteiger partial charge in [-0.2, -0.15) is 0 Å². The van der Waals surface area contributed by atoms with E-state index in [2.05, 4.69) is 33.7 Å². The zero-order valence-corrected chi connectivity index (χ0v) is 13.3. The second-order valence-electron chi connectivity index (χ2n) is 5.22. The number of rotatable bonds is 2. The normalized spacial score (nSPS) is 10.8. The number of methoxy groups -OCH3 is 1. The molecule has 0 aliphatic heterocycles. The molecule has 2 heterocycles. The fourth-order valence-corrected chi connectivity index (χ4v) is 3.00. The molecule has 0 atom stereocenters. The summed E-state index contributed by atoms with van der Waals surface area (Å²) in [5, 5.41) is 3.40. The van der Waals surface area contributed by atoms with E-state index in [0.29, 0.717) is 0 Å². The van der Waals surface area contributed by atoms with Crippen molar-refractivity contribution in [3.63, 3.8) is 0 Å². The van der Waals surface area contributed by atoms with Gasteiger partial charge in [0, 0.05) is 17.0 Å². The van der Waals surface area contributed by atoms with Crippen LogP contribution < -0.4 is 0 Å². The number of esters is 1. The first-order valence-corrected chi connectivity index (χ1v) is 7.12. The SMILES string of the molecule is COC(=O)Cc1cnc2c3ccccc3c3ccccc3n12.Cl. The van der Waals surface area contributed by atoms with Gasteiger partial charge in [-0.3, -0.25) is 9.20 Å². The molecule has 4 nitrogen and oxygen atoms in total. The summed E-state index contributed by atoms with van der Waals surface area (Å²) < 4.78 is 6.84. The zero-order chi connectivity index (χ0) is 15.1. The van der Waals surface area contributed by atoms with E-state index < -0.39 is 0 Å². The predicted octanol–water partition coefficient (Wildman–Crippen LogP) is 3.78. The maximum atomic E-state index is 11.7. The minimum absolute atomic E-state index is 0. The molecule has 4 aromatic rings. The van der Waals surface area contributed by atoms with Crippen LogP contribution in [-0.2, 0) is 16.0 Å². The highest BCUT2D eigenvalue weighted by atomic mass is 35.5. The van der Waals surface area contributed by atoms with Gasteiger partial charge in [0.15, 0.2) is 0 Å². The highest BCUT2D eigenvalue weighted by Crippen LogP contribution is 2.29. The summed E-state index contributed by atoms with van der Waals surface area (Å²) in [4.78, 5) is 16.2. The third-order valence-corrected chi connectivity index (χ3v) is 3.99. The molecule has 0 radical (unpaired) electrons. The fourth-order valence-electron chi connectivity index (χ4n) is 3.00. The van der Waals surface area contributed by atoms with E-state index in [4.69, 9.17) is 4.74 Å². The van der Waals surface area contributed by atoms with Crippen molar-refractivity contribution < 1.29 is 9.53 Å². The van der Waals surface area contributed by atoms with Gasteiger partial charge >= 0.3 is 5.97 Å². The van der Waals surface area contributed by atoms with Crippen LogP contribution in [0.2, 0.25) is 0 Å². The first kappa shape index (κ1) is 15.3. The summed E-state index contributed by atoms with van der Waals surface area (Å²) >= 11 is 0. The molecule has 23 heavy (non-hydrogen) atoms. The van der Waals surface area contributed by atoms with Gasteiger partial charge in [-0.25, -0.2) is 4.98 Å². The lowest BCUT2D eigenvalue weighted by Gasteiger charge is -2.10. The lowest BCUT2D eigenvalue weighted by Crippen LogP contribution is -2.07. The van der Waals surface area contributed by atoms with E-state index in [0.717, 1.165) is 27.6 Å². The van der Waals surface area contributed by atoms with Crippen LogP contribution in [0.15, 0.2) is 54.7 Å². The molecule has 2 aromatic carbocycles. The number of aromatic nitrogens is 2. The van der Waals surface area contributed by atoms with Gasteiger partial charge in [-0.05, 0) is 11.5 Å². The molecule has 0 unspecified atom stereocenters. The molecule has 0 saturated heterocycles. The molecular formula is C18H15ClN2O2. The Balaban J connectivity index is 0.00000156. The Hall–Kier alpha value is -2.59. The topological polar surface area (TPSA) is 43.6 Å². The van der Waals surface area contributed by atoms with Crippen LogP contribution in [0.4, 0.5) is 0 Å². The standard InChI is InChI=1S/C18H14N2O2.ClH/c1-22-17(21)10-12-11-19-18-15-8-3-2-6-13(15)14-7-4-5-9-16(14)20(12)18;/h2-9,11H,10H2,1H3;1H. The summed E-state index contributed by atoms with van der Waals surface area (Å²) in [6.45, 7) is 0.